The molecule has 0 aromatic rings. The second-order valence-electron chi connectivity index (χ2n) is 5.71. The Bertz CT molecular complexity index is 482. The van der Waals surface area contributed by atoms with Gasteiger partial charge in [0.1, 0.15) is 12.2 Å². The van der Waals surface area contributed by atoms with Crippen LogP contribution in [0.25, 0.3) is 0 Å². The van der Waals surface area contributed by atoms with Crippen LogP contribution < -0.4 is 5.73 Å². The molecule has 0 amide bonds. The lowest BCUT2D eigenvalue weighted by Crippen LogP contribution is -2.64. The summed E-state index contributed by atoms with van der Waals surface area (Å²) < 4.78 is 39.0. The first-order valence-electron chi connectivity index (χ1n) is 7.55. The maximum atomic E-state index is 15.0. The molecular weight excluding hydrogens is 366 g/mol. The molecule has 0 bridgehead atoms. The highest BCUT2D eigenvalue weighted by atomic mass is 35.5. The number of ether oxygens (including phenoxy) is 2. The van der Waals surface area contributed by atoms with E-state index in [-0.39, 0.29) is 24.8 Å². The molecule has 0 aromatic heterocycles. The van der Waals surface area contributed by atoms with E-state index in [1.165, 1.54) is 20.8 Å². The van der Waals surface area contributed by atoms with Gasteiger partial charge in [0.15, 0.2) is 6.17 Å². The topological polar surface area (TPSA) is 135 Å². The molecule has 0 aliphatic carbocycles. The van der Waals surface area contributed by atoms with Crippen LogP contribution in [0.1, 0.15) is 20.8 Å². The molecule has 1 saturated heterocycles. The maximum Gasteiger partial charge on any atom is 0.375 e. The van der Waals surface area contributed by atoms with Crippen molar-refractivity contribution in [2.24, 2.45) is 16.6 Å². The SMILES string of the molecule is CCOC(=O)C1(F)OC([C@H](O)[C@H](O)CO)C(C)C(N=C(C)N)C1F.Cl. The van der Waals surface area contributed by atoms with Crippen molar-refractivity contribution in [3.05, 3.63) is 0 Å². The van der Waals surface area contributed by atoms with Gasteiger partial charge in [0.05, 0.1) is 31.2 Å². The molecule has 0 spiro atoms. The monoisotopic (exact) mass is 390 g/mol. The summed E-state index contributed by atoms with van der Waals surface area (Å²) in [5, 5.41) is 28.5. The summed E-state index contributed by atoms with van der Waals surface area (Å²) >= 11 is 0. The smallest absolute Gasteiger partial charge is 0.375 e. The van der Waals surface area contributed by atoms with Crippen molar-refractivity contribution in [1.29, 1.82) is 0 Å². The predicted octanol–water partition coefficient (Wildman–Crippen LogP) is -0.530. The van der Waals surface area contributed by atoms with Gasteiger partial charge in [-0.25, -0.2) is 9.18 Å². The van der Waals surface area contributed by atoms with Gasteiger partial charge in [-0.3, -0.25) is 4.99 Å². The Labute approximate surface area is 150 Å². The summed E-state index contributed by atoms with van der Waals surface area (Å²) in [6.45, 7) is 3.10. The van der Waals surface area contributed by atoms with Crippen LogP contribution in [-0.4, -0.2) is 76.7 Å². The number of amidine groups is 1. The molecule has 11 heteroatoms. The molecule has 0 radical (unpaired) electrons. The number of nitrogens with zero attached hydrogens (tertiary/aromatic N) is 1. The fraction of sp³-hybridized carbons (Fsp3) is 0.857. The first kappa shape index (κ1) is 23.9. The van der Waals surface area contributed by atoms with E-state index >= 15 is 0 Å². The number of aliphatic hydroxyl groups excluding tert-OH is 3. The van der Waals surface area contributed by atoms with Crippen LogP contribution >= 0.6 is 12.4 Å². The number of rotatable bonds is 6. The molecule has 1 rings (SSSR count). The van der Waals surface area contributed by atoms with E-state index in [1.807, 2.05) is 0 Å². The second-order valence-corrected chi connectivity index (χ2v) is 5.71. The molecule has 1 heterocycles. The average Bonchev–Trinajstić information content (AvgIpc) is 2.53. The standard InChI is InChI=1S/C14H24F2N2O6.ClH/c1-4-23-13(22)14(16)12(15)9(18-7(3)17)6(2)11(24-14)10(21)8(20)5-19;/h6,8-12,19-21H,4-5H2,1-3H3,(H2,17,18);1H/t6?,8-,9?,10-,11?,12?,14?;/m1./s1. The van der Waals surface area contributed by atoms with Gasteiger partial charge in [-0.05, 0) is 13.8 Å². The maximum absolute atomic E-state index is 15.0. The number of esters is 1. The van der Waals surface area contributed by atoms with E-state index < -0.39 is 54.9 Å². The molecule has 1 aliphatic heterocycles. The highest BCUT2D eigenvalue weighted by Crippen LogP contribution is 2.40. The third kappa shape index (κ3) is 4.98. The average molecular weight is 391 g/mol. The van der Waals surface area contributed by atoms with E-state index in [0.717, 1.165) is 0 Å². The highest BCUT2D eigenvalue weighted by molar-refractivity contribution is 5.85. The zero-order chi connectivity index (χ0) is 18.7. The van der Waals surface area contributed by atoms with Crippen molar-refractivity contribution in [3.8, 4) is 0 Å². The summed E-state index contributed by atoms with van der Waals surface area (Å²) in [6, 6.07) is -1.45. The number of nitrogens with two attached hydrogens (primary N) is 1. The van der Waals surface area contributed by atoms with Crippen molar-refractivity contribution in [3.63, 3.8) is 0 Å². The Hall–Kier alpha value is -1.07. The molecular formula is C14H25ClF2N2O6. The third-order valence-electron chi connectivity index (χ3n) is 3.84. The van der Waals surface area contributed by atoms with E-state index in [1.54, 1.807) is 0 Å². The lowest BCUT2D eigenvalue weighted by molar-refractivity contribution is -0.284. The molecule has 5 N–H and O–H groups in total. The quantitative estimate of drug-likeness (QED) is 0.272. The number of aliphatic imine (C=N–C) groups is 1. The van der Waals surface area contributed by atoms with Gasteiger partial charge in [-0.2, -0.15) is 4.39 Å². The van der Waals surface area contributed by atoms with Gasteiger partial charge in [-0.1, -0.05) is 6.92 Å². The van der Waals surface area contributed by atoms with Crippen molar-refractivity contribution in [1.82, 2.24) is 0 Å². The van der Waals surface area contributed by atoms with Gasteiger partial charge >= 0.3 is 11.8 Å². The molecule has 0 saturated carbocycles. The summed E-state index contributed by atoms with van der Waals surface area (Å²) in [6.07, 6.45) is -7.51. The first-order valence-corrected chi connectivity index (χ1v) is 7.55. The van der Waals surface area contributed by atoms with Crippen molar-refractivity contribution >= 4 is 24.2 Å². The summed E-state index contributed by atoms with van der Waals surface area (Å²) in [5.41, 5.74) is 5.43. The number of aliphatic hydroxyl groups is 3. The molecule has 8 nitrogen and oxygen atoms in total. The lowest BCUT2D eigenvalue weighted by Gasteiger charge is -2.45. The number of carbonyl (C=O) groups excluding carboxylic acids is 1. The number of alkyl halides is 2. The van der Waals surface area contributed by atoms with Crippen LogP contribution in [0.15, 0.2) is 4.99 Å². The largest absolute Gasteiger partial charge is 0.462 e. The fourth-order valence-corrected chi connectivity index (χ4v) is 2.57. The van der Waals surface area contributed by atoms with E-state index in [4.69, 9.17) is 15.6 Å². The molecule has 1 fully saturated rings. The number of carbonyl (C=O) groups is 1. The molecule has 1 aliphatic rings. The van der Waals surface area contributed by atoms with Crippen LogP contribution in [0.3, 0.4) is 0 Å². The molecule has 25 heavy (non-hydrogen) atoms. The van der Waals surface area contributed by atoms with Gasteiger partial charge in [0.25, 0.3) is 0 Å². The fourth-order valence-electron chi connectivity index (χ4n) is 2.57. The molecule has 5 unspecified atom stereocenters. The zero-order valence-corrected chi connectivity index (χ0v) is 14.9. The van der Waals surface area contributed by atoms with Crippen molar-refractivity contribution < 1.29 is 38.4 Å². The zero-order valence-electron chi connectivity index (χ0n) is 14.1. The Morgan fingerprint density at radius 2 is 2.04 bits per heavy atom. The summed E-state index contributed by atoms with van der Waals surface area (Å²) in [5.74, 6) is -6.13. The number of hydrogen-bond acceptors (Lipinski definition) is 7. The van der Waals surface area contributed by atoms with Gasteiger partial charge in [0, 0.05) is 5.92 Å². The van der Waals surface area contributed by atoms with E-state index in [0.29, 0.717) is 0 Å². The van der Waals surface area contributed by atoms with Crippen molar-refractivity contribution in [2.75, 3.05) is 13.2 Å². The third-order valence-corrected chi connectivity index (χ3v) is 3.84. The van der Waals surface area contributed by atoms with Gasteiger partial charge < -0.3 is 30.5 Å². The Morgan fingerprint density at radius 3 is 2.48 bits per heavy atom. The summed E-state index contributed by atoms with van der Waals surface area (Å²) in [4.78, 5) is 15.6. The highest BCUT2D eigenvalue weighted by Gasteiger charge is 2.62. The van der Waals surface area contributed by atoms with Crippen LogP contribution in [0.2, 0.25) is 0 Å². The normalized spacial score (nSPS) is 35.4. The second kappa shape index (κ2) is 9.58. The number of halogens is 3. The lowest BCUT2D eigenvalue weighted by atomic mass is 9.82. The minimum Gasteiger partial charge on any atom is -0.462 e. The molecule has 148 valence electrons. The van der Waals surface area contributed by atoms with E-state index in [9.17, 15) is 23.8 Å². The summed E-state index contributed by atoms with van der Waals surface area (Å²) in [7, 11) is 0. The Kier molecular flexibility index (Phi) is 9.17. The Balaban J connectivity index is 0.00000576. The van der Waals surface area contributed by atoms with Crippen LogP contribution in [0.5, 0.6) is 0 Å². The van der Waals surface area contributed by atoms with Gasteiger partial charge in [0.2, 0.25) is 0 Å². The predicted molar refractivity (Wildman–Crippen MR) is 86.8 cm³/mol. The minimum atomic E-state index is -3.52. The Morgan fingerprint density at radius 1 is 1.48 bits per heavy atom. The van der Waals surface area contributed by atoms with Crippen LogP contribution in [0.4, 0.5) is 8.78 Å². The minimum absolute atomic E-state index is 0. The van der Waals surface area contributed by atoms with Crippen LogP contribution in [0, 0.1) is 5.92 Å². The van der Waals surface area contributed by atoms with Crippen molar-refractivity contribution in [2.45, 2.75) is 57.2 Å². The van der Waals surface area contributed by atoms with Gasteiger partial charge in [-0.15, -0.1) is 12.4 Å². The van der Waals surface area contributed by atoms with E-state index in [2.05, 4.69) is 9.73 Å². The first-order chi connectivity index (χ1) is 11.1. The van der Waals surface area contributed by atoms with Crippen LogP contribution in [-0.2, 0) is 14.3 Å². The molecule has 0 aromatic carbocycles. The number of hydrogen-bond donors (Lipinski definition) is 4. The molecule has 7 atom stereocenters.